The van der Waals surface area contributed by atoms with E-state index >= 15 is 0 Å². The molecule has 1 aliphatic heterocycles. The average molecular weight is 539 g/mol. The highest BCUT2D eigenvalue weighted by Gasteiger charge is 2.38. The Morgan fingerprint density at radius 1 is 1.22 bits per heavy atom. The number of rotatable bonds is 9. The summed E-state index contributed by atoms with van der Waals surface area (Å²) in [5.41, 5.74) is 0.329. The molecule has 10 nitrogen and oxygen atoms in total. The van der Waals surface area contributed by atoms with E-state index in [1.54, 1.807) is 24.3 Å². The number of ether oxygens (including phenoxy) is 1. The van der Waals surface area contributed by atoms with Gasteiger partial charge in [-0.05, 0) is 29.8 Å². The summed E-state index contributed by atoms with van der Waals surface area (Å²) in [6, 6.07) is 10.4. The van der Waals surface area contributed by atoms with Crippen LogP contribution in [0.1, 0.15) is 29.5 Å². The van der Waals surface area contributed by atoms with Crippen molar-refractivity contribution in [3.63, 3.8) is 0 Å². The van der Waals surface area contributed by atoms with Gasteiger partial charge in [0.25, 0.3) is 0 Å². The predicted molar refractivity (Wildman–Crippen MR) is 122 cm³/mol. The molecule has 0 fully saturated rings. The van der Waals surface area contributed by atoms with Crippen LogP contribution in [-0.4, -0.2) is 51.8 Å². The molecule has 1 amide bonds. The summed E-state index contributed by atoms with van der Waals surface area (Å²) in [6.45, 7) is -0.588. The lowest BCUT2D eigenvalue weighted by Gasteiger charge is -2.19. The van der Waals surface area contributed by atoms with Crippen molar-refractivity contribution in [3.8, 4) is 6.07 Å². The summed E-state index contributed by atoms with van der Waals surface area (Å²) in [4.78, 5) is 28.7. The summed E-state index contributed by atoms with van der Waals surface area (Å²) < 4.78 is 71.6. The normalized spacial score (nSPS) is 16.2. The van der Waals surface area contributed by atoms with Crippen LogP contribution < -0.4 is 10.0 Å². The highest BCUT2D eigenvalue weighted by atomic mass is 32.2. The van der Waals surface area contributed by atoms with Gasteiger partial charge < -0.3 is 14.9 Å². The van der Waals surface area contributed by atoms with E-state index in [4.69, 9.17) is 10.1 Å². The van der Waals surface area contributed by atoms with Crippen molar-refractivity contribution in [2.24, 2.45) is 5.16 Å². The Labute approximate surface area is 210 Å². The fourth-order valence-electron chi connectivity index (χ4n) is 3.44. The van der Waals surface area contributed by atoms with E-state index in [-0.39, 0.29) is 12.8 Å². The van der Waals surface area contributed by atoms with Crippen LogP contribution in [0.3, 0.4) is 0 Å². The number of halogens is 3. The molecule has 2 atom stereocenters. The topological polar surface area (TPSA) is 147 Å². The monoisotopic (exact) mass is 538 g/mol. The van der Waals surface area contributed by atoms with Crippen molar-refractivity contribution >= 4 is 27.6 Å². The number of esters is 1. The van der Waals surface area contributed by atoms with E-state index in [1.807, 2.05) is 10.8 Å². The van der Waals surface area contributed by atoms with E-state index in [1.165, 1.54) is 0 Å². The van der Waals surface area contributed by atoms with Crippen LogP contribution in [0.2, 0.25) is 0 Å². The largest absolute Gasteiger partial charge is 0.468 e. The van der Waals surface area contributed by atoms with E-state index in [0.29, 0.717) is 22.9 Å². The summed E-state index contributed by atoms with van der Waals surface area (Å²) in [5, 5.41) is 15.2. The molecule has 0 aliphatic carbocycles. The Balaban J connectivity index is 1.61. The number of carbonyl (C=O) groups is 2. The van der Waals surface area contributed by atoms with Gasteiger partial charge in [-0.25, -0.2) is 8.42 Å². The van der Waals surface area contributed by atoms with Gasteiger partial charge in [0.05, 0.1) is 41.3 Å². The molecule has 3 rings (SSSR count). The maximum Gasteiger partial charge on any atom is 0.417 e. The van der Waals surface area contributed by atoms with Gasteiger partial charge in [-0.2, -0.15) is 23.2 Å². The Hall–Kier alpha value is -3.96. The van der Waals surface area contributed by atoms with Crippen molar-refractivity contribution in [3.05, 3.63) is 65.2 Å². The Bertz CT molecular complexity index is 1340. The van der Waals surface area contributed by atoms with Gasteiger partial charge in [0.2, 0.25) is 15.9 Å². The first-order valence-electron chi connectivity index (χ1n) is 10.7. The van der Waals surface area contributed by atoms with Crippen LogP contribution in [0.5, 0.6) is 0 Å². The fourth-order valence-corrected chi connectivity index (χ4v) is 4.85. The Morgan fingerprint density at radius 2 is 1.89 bits per heavy atom. The molecular weight excluding hydrogens is 517 g/mol. The minimum atomic E-state index is -4.96. The molecule has 2 N–H and O–H groups in total. The number of nitriles is 1. The fraction of sp³-hybridized carbons (Fsp3) is 0.304. The quantitative estimate of drug-likeness (QED) is 0.465. The van der Waals surface area contributed by atoms with Gasteiger partial charge in [-0.15, -0.1) is 0 Å². The second-order valence-corrected chi connectivity index (χ2v) is 9.54. The molecule has 0 saturated carbocycles. The lowest BCUT2D eigenvalue weighted by Crippen LogP contribution is -2.49. The smallest absolute Gasteiger partial charge is 0.417 e. The lowest BCUT2D eigenvalue weighted by molar-refractivity contribution is -0.142. The highest BCUT2D eigenvalue weighted by molar-refractivity contribution is 7.89. The molecule has 0 spiro atoms. The van der Waals surface area contributed by atoms with Gasteiger partial charge in [-0.3, -0.25) is 9.59 Å². The van der Waals surface area contributed by atoms with Crippen molar-refractivity contribution in [2.45, 2.75) is 36.1 Å². The zero-order valence-corrected chi connectivity index (χ0v) is 20.1. The number of methoxy groups -OCH3 is 1. The first kappa shape index (κ1) is 27.6. The molecular formula is C23H21F3N4O6S. The maximum atomic E-state index is 13.3. The molecule has 0 saturated heterocycles. The van der Waals surface area contributed by atoms with Gasteiger partial charge in [0.1, 0.15) is 12.1 Å². The minimum Gasteiger partial charge on any atom is -0.468 e. The lowest BCUT2D eigenvalue weighted by atomic mass is 10.0. The first-order chi connectivity index (χ1) is 17.4. The number of hydrogen-bond acceptors (Lipinski definition) is 8. The summed E-state index contributed by atoms with van der Waals surface area (Å²) in [6.07, 6.45) is -5.51. The zero-order chi connectivity index (χ0) is 27.2. The number of oxime groups is 1. The zero-order valence-electron chi connectivity index (χ0n) is 19.3. The van der Waals surface area contributed by atoms with Gasteiger partial charge >= 0.3 is 12.1 Å². The van der Waals surface area contributed by atoms with Gasteiger partial charge in [0, 0.05) is 13.0 Å². The highest BCUT2D eigenvalue weighted by Crippen LogP contribution is 2.34. The van der Waals surface area contributed by atoms with E-state index in [2.05, 4.69) is 15.2 Å². The number of carbonyl (C=O) groups excluding carboxylic acids is 2. The molecule has 0 aromatic heterocycles. The third-order valence-electron chi connectivity index (χ3n) is 5.26. The number of sulfonamides is 1. The van der Waals surface area contributed by atoms with Crippen molar-refractivity contribution in [1.29, 1.82) is 5.26 Å². The third kappa shape index (κ3) is 7.05. The number of benzene rings is 2. The molecule has 14 heteroatoms. The molecule has 1 aliphatic rings. The predicted octanol–water partition coefficient (Wildman–Crippen LogP) is 2.10. The molecule has 2 aromatic carbocycles. The molecule has 196 valence electrons. The van der Waals surface area contributed by atoms with Crippen molar-refractivity contribution < 1.29 is 40.8 Å². The van der Waals surface area contributed by atoms with Crippen LogP contribution in [-0.2, 0) is 35.4 Å². The van der Waals surface area contributed by atoms with Gasteiger partial charge in [-0.1, -0.05) is 29.4 Å². The standard InChI is InChI=1S/C23H21F3N4O6S/c1-35-22(32)19(30-37(33,34)20-5-3-2-4-17(20)23(24,25)26)13-28-21(31)11-16-10-18(29-36-16)15-8-6-14(12-27)7-9-15/h2-9,16,19,30H,10-11,13H2,1H3,(H,28,31)/t16-,19+/m1/s1. The number of nitrogens with zero attached hydrogens (tertiary/aromatic N) is 2. The Morgan fingerprint density at radius 3 is 2.51 bits per heavy atom. The Kier molecular flexibility index (Phi) is 8.51. The van der Waals surface area contributed by atoms with Crippen LogP contribution in [0.15, 0.2) is 58.6 Å². The number of alkyl halides is 3. The summed E-state index contributed by atoms with van der Waals surface area (Å²) in [5.74, 6) is -1.73. The van der Waals surface area contributed by atoms with Crippen LogP contribution >= 0.6 is 0 Å². The third-order valence-corrected chi connectivity index (χ3v) is 6.79. The van der Waals surface area contributed by atoms with Gasteiger partial charge in [0.15, 0.2) is 0 Å². The number of hydrogen-bond donors (Lipinski definition) is 2. The molecule has 0 bridgehead atoms. The molecule has 37 heavy (non-hydrogen) atoms. The summed E-state index contributed by atoms with van der Waals surface area (Å²) >= 11 is 0. The van der Waals surface area contributed by atoms with E-state index < -0.39 is 57.2 Å². The molecule has 2 aromatic rings. The van der Waals surface area contributed by atoms with Crippen molar-refractivity contribution in [2.75, 3.05) is 13.7 Å². The number of nitrogens with one attached hydrogen (secondary N) is 2. The molecule has 1 heterocycles. The van der Waals surface area contributed by atoms with Crippen molar-refractivity contribution in [1.82, 2.24) is 10.0 Å². The SMILES string of the molecule is COC(=O)[C@H](CNC(=O)C[C@H]1CC(c2ccc(C#N)cc2)=NO1)NS(=O)(=O)c1ccccc1C(F)(F)F. The minimum absolute atomic E-state index is 0.194. The second kappa shape index (κ2) is 11.4. The molecule has 0 radical (unpaired) electrons. The average Bonchev–Trinajstić information content (AvgIpc) is 3.33. The second-order valence-electron chi connectivity index (χ2n) is 7.86. The van der Waals surface area contributed by atoms with Crippen LogP contribution in [0, 0.1) is 11.3 Å². The van der Waals surface area contributed by atoms with E-state index in [9.17, 15) is 31.2 Å². The first-order valence-corrected chi connectivity index (χ1v) is 12.2. The summed E-state index contributed by atoms with van der Waals surface area (Å²) in [7, 11) is -3.87. The van der Waals surface area contributed by atoms with E-state index in [0.717, 1.165) is 25.3 Å². The number of amides is 1. The maximum absolute atomic E-state index is 13.3. The van der Waals surface area contributed by atoms with Crippen LogP contribution in [0.25, 0.3) is 0 Å². The van der Waals surface area contributed by atoms with Crippen LogP contribution in [0.4, 0.5) is 13.2 Å². The molecule has 0 unspecified atom stereocenters.